The largest absolute Gasteiger partial charge is 0.534 e. The number of hydrogen-bond acceptors (Lipinski definition) is 7. The zero-order chi connectivity index (χ0) is 18.0. The van der Waals surface area contributed by atoms with Crippen molar-refractivity contribution >= 4 is 27.4 Å². The van der Waals surface area contributed by atoms with Gasteiger partial charge in [0.1, 0.15) is 5.01 Å². The van der Waals surface area contributed by atoms with Crippen molar-refractivity contribution in [3.8, 4) is 16.5 Å². The van der Waals surface area contributed by atoms with Crippen LogP contribution in [0.3, 0.4) is 0 Å². The normalized spacial score (nSPS) is 12.0. The molecule has 130 valence electrons. The number of rotatable bonds is 5. The number of thiazole rings is 1. The maximum Gasteiger partial charge on any atom is 0.534 e. The van der Waals surface area contributed by atoms with Gasteiger partial charge in [-0.25, -0.2) is 4.79 Å². The molecule has 2 rings (SSSR count). The van der Waals surface area contributed by atoms with E-state index in [2.05, 4.69) is 9.17 Å². The van der Waals surface area contributed by atoms with Crippen molar-refractivity contribution in [2.24, 2.45) is 0 Å². The van der Waals surface area contributed by atoms with Gasteiger partial charge in [0.25, 0.3) is 5.88 Å². The third kappa shape index (κ3) is 3.85. The van der Waals surface area contributed by atoms with Crippen LogP contribution in [-0.4, -0.2) is 31.5 Å². The van der Waals surface area contributed by atoms with Crippen molar-refractivity contribution in [2.45, 2.75) is 12.4 Å². The minimum atomic E-state index is -5.95. The van der Waals surface area contributed by atoms with Crippen LogP contribution in [0.2, 0.25) is 0 Å². The van der Waals surface area contributed by atoms with Gasteiger partial charge in [-0.3, -0.25) is 0 Å². The minimum absolute atomic E-state index is 0.0527. The highest BCUT2D eigenvalue weighted by Crippen LogP contribution is 2.36. The summed E-state index contributed by atoms with van der Waals surface area (Å²) >= 11 is 0.670. The highest BCUT2D eigenvalue weighted by Gasteiger charge is 2.49. The Morgan fingerprint density at radius 1 is 1.25 bits per heavy atom. The summed E-state index contributed by atoms with van der Waals surface area (Å²) in [6.45, 7) is 1.44. The highest BCUT2D eigenvalue weighted by molar-refractivity contribution is 7.88. The molecular weight excluding hydrogens is 371 g/mol. The summed E-state index contributed by atoms with van der Waals surface area (Å²) in [5.41, 5.74) is -5.16. The van der Waals surface area contributed by atoms with Crippen LogP contribution in [0, 0.1) is 0 Å². The van der Waals surface area contributed by atoms with Crippen molar-refractivity contribution in [2.75, 3.05) is 6.61 Å². The third-order valence-corrected chi connectivity index (χ3v) is 4.56. The van der Waals surface area contributed by atoms with Crippen LogP contribution in [0.5, 0.6) is 5.88 Å². The fourth-order valence-corrected chi connectivity index (χ4v) is 2.91. The van der Waals surface area contributed by atoms with Crippen LogP contribution in [0.15, 0.2) is 30.3 Å². The topological polar surface area (TPSA) is 82.6 Å². The lowest BCUT2D eigenvalue weighted by molar-refractivity contribution is -0.0501. The summed E-state index contributed by atoms with van der Waals surface area (Å²) in [7, 11) is -5.95. The van der Waals surface area contributed by atoms with Crippen LogP contribution in [0.4, 0.5) is 13.2 Å². The average Bonchev–Trinajstić information content (AvgIpc) is 2.90. The van der Waals surface area contributed by atoms with Crippen LogP contribution in [0.25, 0.3) is 10.6 Å². The number of alkyl halides is 3. The Bertz CT molecular complexity index is 831. The molecule has 0 radical (unpaired) electrons. The molecule has 1 heterocycles. The first-order chi connectivity index (χ1) is 11.2. The lowest BCUT2D eigenvalue weighted by atomic mass is 10.2. The van der Waals surface area contributed by atoms with Crippen molar-refractivity contribution in [3.63, 3.8) is 0 Å². The zero-order valence-electron chi connectivity index (χ0n) is 12.0. The Morgan fingerprint density at radius 2 is 1.88 bits per heavy atom. The lowest BCUT2D eigenvalue weighted by Crippen LogP contribution is -2.28. The third-order valence-electron chi connectivity index (χ3n) is 2.55. The number of carbonyl (C=O) groups is 1. The second kappa shape index (κ2) is 6.77. The number of benzene rings is 1. The predicted molar refractivity (Wildman–Crippen MR) is 79.1 cm³/mol. The van der Waals surface area contributed by atoms with E-state index in [9.17, 15) is 26.4 Å². The van der Waals surface area contributed by atoms with Gasteiger partial charge in [0.05, 0.1) is 6.61 Å². The quantitative estimate of drug-likeness (QED) is 0.449. The van der Waals surface area contributed by atoms with E-state index in [-0.39, 0.29) is 11.6 Å². The lowest BCUT2D eigenvalue weighted by Gasteiger charge is -2.08. The Hall–Kier alpha value is -2.14. The number of ether oxygens (including phenoxy) is 1. The van der Waals surface area contributed by atoms with E-state index in [0.717, 1.165) is 0 Å². The summed E-state index contributed by atoms with van der Waals surface area (Å²) in [4.78, 5) is 15.1. The molecule has 0 spiro atoms. The standard InChI is InChI=1S/C13H10F3NO5S2/c1-2-21-12(18)9-10(22-24(19,20)13(14,15)16)17-11(23-9)8-6-4-3-5-7-8/h3-7H,2H2,1H3. The van der Waals surface area contributed by atoms with Gasteiger partial charge in [-0.15, -0.1) is 11.3 Å². The maximum absolute atomic E-state index is 12.5. The smallest absolute Gasteiger partial charge is 0.462 e. The molecule has 0 unspecified atom stereocenters. The summed E-state index contributed by atoms with van der Waals surface area (Å²) in [5, 5.41) is 0.117. The van der Waals surface area contributed by atoms with Crippen LogP contribution < -0.4 is 4.18 Å². The monoisotopic (exact) mass is 381 g/mol. The number of esters is 1. The Balaban J connectivity index is 2.49. The molecule has 0 aliphatic heterocycles. The van der Waals surface area contributed by atoms with Crippen molar-refractivity contribution in [1.29, 1.82) is 0 Å². The Morgan fingerprint density at radius 3 is 2.42 bits per heavy atom. The molecule has 0 saturated carbocycles. The van der Waals surface area contributed by atoms with Crippen molar-refractivity contribution in [1.82, 2.24) is 4.98 Å². The van der Waals surface area contributed by atoms with E-state index >= 15 is 0 Å². The molecule has 0 saturated heterocycles. The molecule has 0 aliphatic carbocycles. The number of hydrogen-bond donors (Lipinski definition) is 0. The summed E-state index contributed by atoms with van der Waals surface area (Å²) in [6.07, 6.45) is 0. The van der Waals surface area contributed by atoms with E-state index in [4.69, 9.17) is 4.74 Å². The van der Waals surface area contributed by atoms with Gasteiger partial charge in [-0.2, -0.15) is 26.6 Å². The van der Waals surface area contributed by atoms with Crippen LogP contribution in [-0.2, 0) is 14.9 Å². The molecule has 6 nitrogen and oxygen atoms in total. The molecule has 0 bridgehead atoms. The number of nitrogens with zero attached hydrogens (tertiary/aromatic N) is 1. The molecule has 0 atom stereocenters. The molecule has 24 heavy (non-hydrogen) atoms. The summed E-state index contributed by atoms with van der Waals surface area (Å²) < 4.78 is 68.5. The molecule has 0 N–H and O–H groups in total. The van der Waals surface area contributed by atoms with Gasteiger partial charge in [0.2, 0.25) is 0 Å². The van der Waals surface area contributed by atoms with Gasteiger partial charge in [0.15, 0.2) is 4.88 Å². The molecule has 1 aromatic carbocycles. The van der Waals surface area contributed by atoms with E-state index in [1.807, 2.05) is 0 Å². The fourth-order valence-electron chi connectivity index (χ4n) is 1.54. The molecule has 0 aliphatic rings. The first-order valence-electron chi connectivity index (χ1n) is 6.40. The molecular formula is C13H10F3NO5S2. The first kappa shape index (κ1) is 18.2. The number of halogens is 3. The van der Waals surface area contributed by atoms with Gasteiger partial charge >= 0.3 is 21.6 Å². The SMILES string of the molecule is CCOC(=O)c1sc(-c2ccccc2)nc1OS(=O)(=O)C(F)(F)F. The van der Waals surface area contributed by atoms with E-state index < -0.39 is 32.4 Å². The Kier molecular flexibility index (Phi) is 5.13. The van der Waals surface area contributed by atoms with E-state index in [1.165, 1.54) is 6.92 Å². The van der Waals surface area contributed by atoms with E-state index in [1.54, 1.807) is 30.3 Å². The van der Waals surface area contributed by atoms with Gasteiger partial charge in [0, 0.05) is 5.56 Å². The number of carbonyl (C=O) groups excluding carboxylic acids is 1. The zero-order valence-corrected chi connectivity index (χ0v) is 13.7. The van der Waals surface area contributed by atoms with E-state index in [0.29, 0.717) is 16.9 Å². The fraction of sp³-hybridized carbons (Fsp3) is 0.231. The minimum Gasteiger partial charge on any atom is -0.462 e. The van der Waals surface area contributed by atoms with Crippen LogP contribution >= 0.6 is 11.3 Å². The maximum atomic E-state index is 12.5. The Labute approximate surface area is 139 Å². The second-order valence-electron chi connectivity index (χ2n) is 4.22. The molecule has 2 aromatic rings. The van der Waals surface area contributed by atoms with Crippen molar-refractivity contribution < 1.29 is 35.3 Å². The number of aromatic nitrogens is 1. The first-order valence-corrected chi connectivity index (χ1v) is 8.62. The summed E-state index contributed by atoms with van der Waals surface area (Å²) in [5.74, 6) is -1.99. The van der Waals surface area contributed by atoms with Gasteiger partial charge in [-0.1, -0.05) is 30.3 Å². The van der Waals surface area contributed by atoms with Gasteiger partial charge < -0.3 is 8.92 Å². The predicted octanol–water partition coefficient (Wildman–Crippen LogP) is 3.22. The summed E-state index contributed by atoms with van der Waals surface area (Å²) in [6, 6.07) is 8.18. The molecule has 1 aromatic heterocycles. The second-order valence-corrected chi connectivity index (χ2v) is 6.76. The van der Waals surface area contributed by atoms with Crippen LogP contribution in [0.1, 0.15) is 16.6 Å². The van der Waals surface area contributed by atoms with Crippen molar-refractivity contribution in [3.05, 3.63) is 35.2 Å². The average molecular weight is 381 g/mol. The molecule has 11 heteroatoms. The van der Waals surface area contributed by atoms with Gasteiger partial charge in [-0.05, 0) is 6.92 Å². The molecule has 0 amide bonds. The molecule has 0 fully saturated rings. The highest BCUT2D eigenvalue weighted by atomic mass is 32.2.